The molecule has 0 radical (unpaired) electrons. The molecular weight excluding hydrogens is 338 g/mol. The summed E-state index contributed by atoms with van der Waals surface area (Å²) in [5.74, 6) is 0.0446. The van der Waals surface area contributed by atoms with E-state index >= 15 is 0 Å². The molecule has 2 aliphatic heterocycles. The number of fused-ring (bicyclic) bond motifs is 2. The molecule has 2 N–H and O–H groups in total. The standard InChI is InChI=1S/C22H25N3O2/c1-14-11-17-5-3-4-6-19(17)13-25(14)21(26)18-8-7-16-9-10-24(22(23)27)15(2)20(16)12-18/h3-8,12,14-15H,9-11,13H2,1-2H3,(H2,23,27)/t14-,15?/m1/s1. The highest BCUT2D eigenvalue weighted by atomic mass is 16.2. The van der Waals surface area contributed by atoms with Gasteiger partial charge >= 0.3 is 6.03 Å². The van der Waals surface area contributed by atoms with Gasteiger partial charge in [-0.15, -0.1) is 0 Å². The first-order chi connectivity index (χ1) is 13.0. The smallest absolute Gasteiger partial charge is 0.315 e. The first-order valence-corrected chi connectivity index (χ1v) is 9.52. The van der Waals surface area contributed by atoms with Crippen LogP contribution < -0.4 is 5.73 Å². The lowest BCUT2D eigenvalue weighted by Crippen LogP contribution is -2.43. The van der Waals surface area contributed by atoms with E-state index in [1.807, 2.05) is 36.1 Å². The maximum absolute atomic E-state index is 13.2. The largest absolute Gasteiger partial charge is 0.351 e. The third kappa shape index (κ3) is 3.07. The molecule has 0 saturated heterocycles. The Morgan fingerprint density at radius 3 is 2.48 bits per heavy atom. The highest BCUT2D eigenvalue weighted by molar-refractivity contribution is 5.95. The zero-order valence-corrected chi connectivity index (χ0v) is 15.8. The zero-order valence-electron chi connectivity index (χ0n) is 15.8. The molecule has 3 amide bonds. The molecule has 0 aromatic heterocycles. The monoisotopic (exact) mass is 363 g/mol. The minimum absolute atomic E-state index is 0.0446. The number of urea groups is 1. The molecule has 0 bridgehead atoms. The Kier molecular flexibility index (Phi) is 4.38. The molecule has 5 nitrogen and oxygen atoms in total. The van der Waals surface area contributed by atoms with Gasteiger partial charge in [-0.05, 0) is 61.1 Å². The molecular formula is C22H25N3O2. The molecule has 27 heavy (non-hydrogen) atoms. The van der Waals surface area contributed by atoms with Crippen molar-refractivity contribution in [2.45, 2.75) is 45.3 Å². The van der Waals surface area contributed by atoms with E-state index in [-0.39, 0.29) is 18.0 Å². The van der Waals surface area contributed by atoms with Crippen molar-refractivity contribution in [2.24, 2.45) is 5.73 Å². The van der Waals surface area contributed by atoms with Crippen LogP contribution in [0.25, 0.3) is 0 Å². The van der Waals surface area contributed by atoms with Crippen molar-refractivity contribution in [3.05, 3.63) is 70.3 Å². The van der Waals surface area contributed by atoms with Crippen LogP contribution in [0.1, 0.15) is 52.5 Å². The summed E-state index contributed by atoms with van der Waals surface area (Å²) in [4.78, 5) is 28.5. The van der Waals surface area contributed by atoms with Gasteiger partial charge in [-0.2, -0.15) is 0 Å². The average molecular weight is 363 g/mol. The Bertz CT molecular complexity index is 908. The third-order valence-electron chi connectivity index (χ3n) is 5.98. The second-order valence-corrected chi connectivity index (χ2v) is 7.63. The van der Waals surface area contributed by atoms with Gasteiger partial charge < -0.3 is 15.5 Å². The second kappa shape index (κ2) is 6.72. The van der Waals surface area contributed by atoms with Gasteiger partial charge in [-0.3, -0.25) is 4.79 Å². The van der Waals surface area contributed by atoms with Gasteiger partial charge in [0.15, 0.2) is 0 Å². The highest BCUT2D eigenvalue weighted by Gasteiger charge is 2.30. The number of hydrogen-bond acceptors (Lipinski definition) is 2. The van der Waals surface area contributed by atoms with Gasteiger partial charge in [-0.25, -0.2) is 4.79 Å². The number of nitrogens with two attached hydrogens (primary N) is 1. The zero-order chi connectivity index (χ0) is 19.1. The molecule has 0 aliphatic carbocycles. The fourth-order valence-corrected chi connectivity index (χ4v) is 4.36. The van der Waals surface area contributed by atoms with Gasteiger partial charge in [0.25, 0.3) is 5.91 Å². The lowest BCUT2D eigenvalue weighted by molar-refractivity contribution is 0.0658. The Morgan fingerprint density at radius 2 is 1.74 bits per heavy atom. The fraction of sp³-hybridized carbons (Fsp3) is 0.364. The summed E-state index contributed by atoms with van der Waals surface area (Å²) in [7, 11) is 0. The molecule has 0 spiro atoms. The number of nitrogens with zero attached hydrogens (tertiary/aromatic N) is 2. The number of carbonyl (C=O) groups is 2. The lowest BCUT2D eigenvalue weighted by Gasteiger charge is -2.36. The van der Waals surface area contributed by atoms with E-state index in [0.29, 0.717) is 18.7 Å². The number of rotatable bonds is 1. The average Bonchev–Trinajstić information content (AvgIpc) is 2.66. The molecule has 2 aromatic rings. The first kappa shape index (κ1) is 17.6. The number of carbonyl (C=O) groups excluding carboxylic acids is 2. The van der Waals surface area contributed by atoms with E-state index in [1.165, 1.54) is 16.7 Å². The van der Waals surface area contributed by atoms with Crippen LogP contribution in [0.2, 0.25) is 0 Å². The van der Waals surface area contributed by atoms with E-state index in [1.54, 1.807) is 4.90 Å². The summed E-state index contributed by atoms with van der Waals surface area (Å²) < 4.78 is 0. The van der Waals surface area contributed by atoms with E-state index in [4.69, 9.17) is 5.73 Å². The molecule has 140 valence electrons. The summed E-state index contributed by atoms with van der Waals surface area (Å²) >= 11 is 0. The first-order valence-electron chi connectivity index (χ1n) is 9.52. The second-order valence-electron chi connectivity index (χ2n) is 7.63. The van der Waals surface area contributed by atoms with Crippen LogP contribution in [-0.2, 0) is 19.4 Å². The van der Waals surface area contributed by atoms with Gasteiger partial charge in [0.1, 0.15) is 0 Å². The van der Waals surface area contributed by atoms with Crippen LogP contribution >= 0.6 is 0 Å². The van der Waals surface area contributed by atoms with Crippen molar-refractivity contribution in [3.63, 3.8) is 0 Å². The molecule has 2 heterocycles. The van der Waals surface area contributed by atoms with Gasteiger partial charge in [-0.1, -0.05) is 30.3 Å². The van der Waals surface area contributed by atoms with Crippen molar-refractivity contribution in [3.8, 4) is 0 Å². The van der Waals surface area contributed by atoms with Gasteiger partial charge in [0.2, 0.25) is 0 Å². The summed E-state index contributed by atoms with van der Waals surface area (Å²) in [5, 5.41) is 0. The molecule has 4 rings (SSSR count). The maximum atomic E-state index is 13.2. The molecule has 2 aromatic carbocycles. The SMILES string of the molecule is CC1c2cc(C(=O)N3Cc4ccccc4C[C@H]3C)ccc2CCN1C(N)=O. The van der Waals surface area contributed by atoms with E-state index in [2.05, 4.69) is 25.1 Å². The predicted molar refractivity (Wildman–Crippen MR) is 104 cm³/mol. The highest BCUT2D eigenvalue weighted by Crippen LogP contribution is 2.31. The lowest BCUT2D eigenvalue weighted by atomic mass is 9.90. The third-order valence-corrected chi connectivity index (χ3v) is 5.98. The molecule has 0 fully saturated rings. The number of primary amides is 1. The Balaban J connectivity index is 1.63. The van der Waals surface area contributed by atoms with Crippen molar-refractivity contribution < 1.29 is 9.59 Å². The van der Waals surface area contributed by atoms with Crippen LogP contribution in [0.5, 0.6) is 0 Å². The van der Waals surface area contributed by atoms with E-state index < -0.39 is 6.03 Å². The summed E-state index contributed by atoms with van der Waals surface area (Å²) in [5.41, 5.74) is 10.9. The summed E-state index contributed by atoms with van der Waals surface area (Å²) in [6, 6.07) is 13.8. The van der Waals surface area contributed by atoms with Gasteiger partial charge in [0.05, 0.1) is 6.04 Å². The van der Waals surface area contributed by atoms with Crippen LogP contribution in [0.15, 0.2) is 42.5 Å². The summed E-state index contributed by atoms with van der Waals surface area (Å²) in [6.45, 7) is 5.33. The van der Waals surface area contributed by atoms with Crippen molar-refractivity contribution in [1.29, 1.82) is 0 Å². The van der Waals surface area contributed by atoms with Crippen molar-refractivity contribution in [2.75, 3.05) is 6.54 Å². The van der Waals surface area contributed by atoms with Crippen molar-refractivity contribution >= 4 is 11.9 Å². The van der Waals surface area contributed by atoms with Crippen LogP contribution in [-0.4, -0.2) is 34.3 Å². The molecule has 2 aliphatic rings. The van der Waals surface area contributed by atoms with Crippen molar-refractivity contribution in [1.82, 2.24) is 9.80 Å². The normalized spacial score (nSPS) is 21.4. The minimum Gasteiger partial charge on any atom is -0.351 e. The quantitative estimate of drug-likeness (QED) is 0.845. The topological polar surface area (TPSA) is 66.6 Å². The molecule has 2 atom stereocenters. The number of hydrogen-bond donors (Lipinski definition) is 1. The van der Waals surface area contributed by atoms with Gasteiger partial charge in [0, 0.05) is 24.7 Å². The Labute approximate surface area is 159 Å². The van der Waals surface area contributed by atoms with E-state index in [0.717, 1.165) is 18.4 Å². The fourth-order valence-electron chi connectivity index (χ4n) is 4.36. The summed E-state index contributed by atoms with van der Waals surface area (Å²) in [6.07, 6.45) is 1.64. The van der Waals surface area contributed by atoms with Crippen LogP contribution in [0.4, 0.5) is 4.79 Å². The van der Waals surface area contributed by atoms with Crippen LogP contribution in [0.3, 0.4) is 0 Å². The Morgan fingerprint density at radius 1 is 1.00 bits per heavy atom. The van der Waals surface area contributed by atoms with E-state index in [9.17, 15) is 9.59 Å². The maximum Gasteiger partial charge on any atom is 0.315 e. The molecule has 5 heteroatoms. The minimum atomic E-state index is -0.411. The molecule has 0 saturated carbocycles. The number of benzene rings is 2. The number of amides is 3. The van der Waals surface area contributed by atoms with Crippen LogP contribution in [0, 0.1) is 0 Å². The Hall–Kier alpha value is -2.82. The molecule has 1 unspecified atom stereocenters. The predicted octanol–water partition coefficient (Wildman–Crippen LogP) is 3.27.